The van der Waals surface area contributed by atoms with Crippen molar-refractivity contribution < 1.29 is 22.6 Å². The predicted molar refractivity (Wildman–Crippen MR) is 94.4 cm³/mol. The van der Waals surface area contributed by atoms with Gasteiger partial charge in [-0.3, -0.25) is 9.89 Å². The van der Waals surface area contributed by atoms with E-state index in [1.165, 1.54) is 4.90 Å². The van der Waals surface area contributed by atoms with Crippen LogP contribution in [0.4, 0.5) is 13.2 Å². The molecule has 6 nitrogen and oxygen atoms in total. The molecule has 2 rings (SSSR count). The highest BCUT2D eigenvalue weighted by molar-refractivity contribution is 5.80. The maximum absolute atomic E-state index is 12.5. The first-order chi connectivity index (χ1) is 12.5. The standard InChI is InChI=1S/C17H31F3N4O2/c1-2-21-16(22-6-3-8-25-11-14-5-9-26-12-14)23-15-4-7-24(10-15)13-17(18,19)20/h14-15H,2-13H2,1H3,(H2,21,22,23). The number of guanidine groups is 1. The van der Waals surface area contributed by atoms with Gasteiger partial charge in [-0.15, -0.1) is 0 Å². The van der Waals surface area contributed by atoms with Crippen molar-refractivity contribution in [2.75, 3.05) is 59.2 Å². The van der Waals surface area contributed by atoms with Crippen LogP contribution in [0.3, 0.4) is 0 Å². The van der Waals surface area contributed by atoms with Crippen LogP contribution in [0.2, 0.25) is 0 Å². The van der Waals surface area contributed by atoms with Crippen LogP contribution >= 0.6 is 0 Å². The van der Waals surface area contributed by atoms with Gasteiger partial charge in [0, 0.05) is 51.4 Å². The maximum Gasteiger partial charge on any atom is 0.401 e. The van der Waals surface area contributed by atoms with Gasteiger partial charge in [-0.25, -0.2) is 0 Å². The monoisotopic (exact) mass is 380 g/mol. The molecule has 152 valence electrons. The summed E-state index contributed by atoms with van der Waals surface area (Å²) in [6.45, 7) is 6.30. The Morgan fingerprint density at radius 1 is 1.35 bits per heavy atom. The van der Waals surface area contributed by atoms with Crippen molar-refractivity contribution in [2.45, 2.75) is 38.4 Å². The molecule has 2 aliphatic heterocycles. The quantitative estimate of drug-likeness (QED) is 0.362. The summed E-state index contributed by atoms with van der Waals surface area (Å²) in [5.74, 6) is 1.18. The second kappa shape index (κ2) is 10.9. The van der Waals surface area contributed by atoms with Crippen molar-refractivity contribution in [1.29, 1.82) is 0 Å². The first kappa shape index (κ1) is 21.2. The summed E-state index contributed by atoms with van der Waals surface area (Å²) in [5.41, 5.74) is 0. The number of hydrogen-bond donors (Lipinski definition) is 2. The summed E-state index contributed by atoms with van der Waals surface area (Å²) in [6, 6.07) is -0.00577. The van der Waals surface area contributed by atoms with Crippen LogP contribution in [0.5, 0.6) is 0 Å². The summed E-state index contributed by atoms with van der Waals surface area (Å²) >= 11 is 0. The molecule has 2 atom stereocenters. The van der Waals surface area contributed by atoms with Gasteiger partial charge in [0.1, 0.15) is 0 Å². The number of nitrogens with one attached hydrogen (secondary N) is 2. The lowest BCUT2D eigenvalue weighted by atomic mass is 10.1. The third-order valence-electron chi connectivity index (χ3n) is 4.45. The maximum atomic E-state index is 12.5. The molecule has 0 aliphatic carbocycles. The molecule has 2 saturated heterocycles. The molecule has 2 aliphatic rings. The van der Waals surface area contributed by atoms with Gasteiger partial charge in [-0.2, -0.15) is 13.2 Å². The molecule has 0 aromatic rings. The highest BCUT2D eigenvalue weighted by atomic mass is 19.4. The molecular formula is C17H31F3N4O2. The van der Waals surface area contributed by atoms with Gasteiger partial charge in [-0.1, -0.05) is 0 Å². The summed E-state index contributed by atoms with van der Waals surface area (Å²) in [6.07, 6.45) is -1.57. The van der Waals surface area contributed by atoms with Crippen LogP contribution in [0.25, 0.3) is 0 Å². The fourth-order valence-electron chi connectivity index (χ4n) is 3.18. The third-order valence-corrected chi connectivity index (χ3v) is 4.45. The van der Waals surface area contributed by atoms with E-state index in [1.54, 1.807) is 0 Å². The summed E-state index contributed by atoms with van der Waals surface area (Å²) in [5, 5.41) is 6.39. The predicted octanol–water partition coefficient (Wildman–Crippen LogP) is 1.62. The van der Waals surface area contributed by atoms with Gasteiger partial charge in [0.2, 0.25) is 0 Å². The van der Waals surface area contributed by atoms with Crippen LogP contribution in [0, 0.1) is 5.92 Å². The molecule has 26 heavy (non-hydrogen) atoms. The molecule has 2 heterocycles. The Balaban J connectivity index is 1.63. The van der Waals surface area contributed by atoms with Gasteiger partial charge < -0.3 is 20.1 Å². The van der Waals surface area contributed by atoms with E-state index in [2.05, 4.69) is 15.6 Å². The van der Waals surface area contributed by atoms with Crippen LogP contribution in [-0.4, -0.2) is 82.2 Å². The second-order valence-electron chi connectivity index (χ2n) is 6.90. The average Bonchev–Trinajstić information content (AvgIpc) is 3.21. The largest absolute Gasteiger partial charge is 0.401 e. The zero-order valence-corrected chi connectivity index (χ0v) is 15.5. The lowest BCUT2D eigenvalue weighted by Crippen LogP contribution is -2.45. The van der Waals surface area contributed by atoms with Crippen molar-refractivity contribution in [2.24, 2.45) is 10.9 Å². The molecule has 9 heteroatoms. The molecule has 0 saturated carbocycles. The number of likely N-dealkylation sites (tertiary alicyclic amines) is 1. The highest BCUT2D eigenvalue weighted by Crippen LogP contribution is 2.19. The minimum atomic E-state index is -4.14. The van der Waals surface area contributed by atoms with Gasteiger partial charge in [0.05, 0.1) is 19.8 Å². The van der Waals surface area contributed by atoms with Crippen LogP contribution in [0.15, 0.2) is 4.99 Å². The Hall–Kier alpha value is -1.06. The van der Waals surface area contributed by atoms with E-state index in [9.17, 15) is 13.2 Å². The lowest BCUT2D eigenvalue weighted by Gasteiger charge is -2.19. The molecule has 0 amide bonds. The van der Waals surface area contributed by atoms with Gasteiger partial charge in [0.15, 0.2) is 5.96 Å². The van der Waals surface area contributed by atoms with Crippen LogP contribution in [-0.2, 0) is 9.47 Å². The van der Waals surface area contributed by atoms with Crippen molar-refractivity contribution in [3.63, 3.8) is 0 Å². The van der Waals surface area contributed by atoms with Gasteiger partial charge >= 0.3 is 6.18 Å². The molecule has 2 fully saturated rings. The Bertz CT molecular complexity index is 429. The molecule has 0 aromatic heterocycles. The number of hydrogen-bond acceptors (Lipinski definition) is 4. The van der Waals surface area contributed by atoms with E-state index < -0.39 is 12.7 Å². The topological polar surface area (TPSA) is 58.1 Å². The molecule has 0 aromatic carbocycles. The zero-order chi connectivity index (χ0) is 18.8. The third kappa shape index (κ3) is 8.55. The fraction of sp³-hybridized carbons (Fsp3) is 0.941. The Kier molecular flexibility index (Phi) is 8.94. The number of alkyl halides is 3. The molecule has 0 bridgehead atoms. The summed E-state index contributed by atoms with van der Waals surface area (Å²) in [7, 11) is 0. The van der Waals surface area contributed by atoms with Gasteiger partial charge in [-0.05, 0) is 26.2 Å². The SMILES string of the molecule is CCNC(=NCCCOCC1CCOC1)NC1CCN(CC(F)(F)F)C1. The Morgan fingerprint density at radius 2 is 2.19 bits per heavy atom. The summed E-state index contributed by atoms with van der Waals surface area (Å²) in [4.78, 5) is 5.93. The second-order valence-corrected chi connectivity index (χ2v) is 6.90. The van der Waals surface area contributed by atoms with Gasteiger partial charge in [0.25, 0.3) is 0 Å². The lowest BCUT2D eigenvalue weighted by molar-refractivity contribution is -0.143. The zero-order valence-electron chi connectivity index (χ0n) is 15.5. The average molecular weight is 380 g/mol. The number of halogens is 3. The van der Waals surface area contributed by atoms with E-state index in [1.807, 2.05) is 6.92 Å². The van der Waals surface area contributed by atoms with Crippen molar-refractivity contribution in [3.8, 4) is 0 Å². The summed E-state index contributed by atoms with van der Waals surface area (Å²) < 4.78 is 48.4. The first-order valence-electron chi connectivity index (χ1n) is 9.45. The van der Waals surface area contributed by atoms with E-state index in [0.29, 0.717) is 51.1 Å². The van der Waals surface area contributed by atoms with E-state index in [-0.39, 0.29) is 6.04 Å². The van der Waals surface area contributed by atoms with Crippen LogP contribution in [0.1, 0.15) is 26.2 Å². The Labute approximate surface area is 153 Å². The number of ether oxygens (including phenoxy) is 2. The molecule has 2 unspecified atom stereocenters. The van der Waals surface area contributed by atoms with E-state index >= 15 is 0 Å². The van der Waals surface area contributed by atoms with Crippen molar-refractivity contribution in [1.82, 2.24) is 15.5 Å². The first-order valence-corrected chi connectivity index (χ1v) is 9.45. The molecule has 2 N–H and O–H groups in total. The Morgan fingerprint density at radius 3 is 2.88 bits per heavy atom. The molecular weight excluding hydrogens is 349 g/mol. The number of rotatable bonds is 9. The van der Waals surface area contributed by atoms with E-state index in [0.717, 1.165) is 32.7 Å². The minimum Gasteiger partial charge on any atom is -0.381 e. The highest BCUT2D eigenvalue weighted by Gasteiger charge is 2.34. The number of nitrogens with zero attached hydrogens (tertiary/aromatic N) is 2. The van der Waals surface area contributed by atoms with Crippen molar-refractivity contribution >= 4 is 5.96 Å². The minimum absolute atomic E-state index is 0.00577. The van der Waals surface area contributed by atoms with Crippen molar-refractivity contribution in [3.05, 3.63) is 0 Å². The van der Waals surface area contributed by atoms with E-state index in [4.69, 9.17) is 9.47 Å². The number of aliphatic imine (C=N–C) groups is 1. The smallest absolute Gasteiger partial charge is 0.381 e. The molecule has 0 radical (unpaired) electrons. The molecule has 0 spiro atoms. The normalized spacial score (nSPS) is 25.0. The fourth-order valence-corrected chi connectivity index (χ4v) is 3.18. The van der Waals surface area contributed by atoms with Crippen LogP contribution < -0.4 is 10.6 Å².